The maximum Gasteiger partial charge on any atom is 0.248 e. The van der Waals surface area contributed by atoms with Gasteiger partial charge in [0.25, 0.3) is 0 Å². The molecule has 1 aliphatic carbocycles. The van der Waals surface area contributed by atoms with Gasteiger partial charge in [-0.25, -0.2) is 0 Å². The van der Waals surface area contributed by atoms with Crippen LogP contribution in [0.1, 0.15) is 19.3 Å². The van der Waals surface area contributed by atoms with E-state index in [1.807, 2.05) is 30.3 Å². The van der Waals surface area contributed by atoms with Crippen LogP contribution in [0.4, 0.5) is 5.95 Å². The van der Waals surface area contributed by atoms with Crippen molar-refractivity contribution in [1.82, 2.24) is 20.2 Å². The Bertz CT molecular complexity index is 511. The molecule has 3 rings (SSSR count). The molecule has 0 spiro atoms. The van der Waals surface area contributed by atoms with Crippen LogP contribution in [0.2, 0.25) is 0 Å². The van der Waals surface area contributed by atoms with Gasteiger partial charge in [0.15, 0.2) is 0 Å². The third-order valence-corrected chi connectivity index (χ3v) is 3.55. The summed E-state index contributed by atoms with van der Waals surface area (Å²) in [7, 11) is 0. The summed E-state index contributed by atoms with van der Waals surface area (Å²) in [5, 5.41) is 15.2. The lowest BCUT2D eigenvalue weighted by atomic mass is 9.77. The Hall–Kier alpha value is -1.95. The van der Waals surface area contributed by atoms with Crippen LogP contribution in [-0.4, -0.2) is 32.3 Å². The van der Waals surface area contributed by atoms with Gasteiger partial charge < -0.3 is 11.1 Å². The second-order valence-corrected chi connectivity index (χ2v) is 4.71. The molecule has 0 bridgehead atoms. The summed E-state index contributed by atoms with van der Waals surface area (Å²) in [6, 6.07) is 9.83. The van der Waals surface area contributed by atoms with Crippen molar-refractivity contribution >= 4 is 5.95 Å². The normalized spacial score (nSPS) is 17.2. The highest BCUT2D eigenvalue weighted by molar-refractivity contribution is 5.40. The Morgan fingerprint density at radius 3 is 2.67 bits per heavy atom. The summed E-state index contributed by atoms with van der Waals surface area (Å²) in [6.45, 7) is 0.606. The van der Waals surface area contributed by atoms with Gasteiger partial charge in [-0.2, -0.15) is 4.68 Å². The van der Waals surface area contributed by atoms with Crippen molar-refractivity contribution in [2.24, 2.45) is 5.73 Å². The first-order chi connectivity index (χ1) is 8.83. The summed E-state index contributed by atoms with van der Waals surface area (Å²) < 4.78 is 1.70. The number of rotatable bonds is 4. The van der Waals surface area contributed by atoms with Crippen molar-refractivity contribution < 1.29 is 0 Å². The molecule has 94 valence electrons. The fourth-order valence-electron chi connectivity index (χ4n) is 2.23. The van der Waals surface area contributed by atoms with Crippen molar-refractivity contribution in [2.75, 3.05) is 11.9 Å². The Balaban J connectivity index is 1.88. The van der Waals surface area contributed by atoms with E-state index in [0.717, 1.165) is 18.5 Å². The van der Waals surface area contributed by atoms with Crippen LogP contribution in [0.5, 0.6) is 0 Å². The molecular weight excluding hydrogens is 228 g/mol. The summed E-state index contributed by atoms with van der Waals surface area (Å²) in [5.74, 6) is 0.659. The Kier molecular flexibility index (Phi) is 2.71. The van der Waals surface area contributed by atoms with E-state index in [2.05, 4.69) is 20.8 Å². The van der Waals surface area contributed by atoms with Gasteiger partial charge in [-0.3, -0.25) is 0 Å². The second-order valence-electron chi connectivity index (χ2n) is 4.71. The maximum absolute atomic E-state index is 5.83. The monoisotopic (exact) mass is 244 g/mol. The Morgan fingerprint density at radius 1 is 1.28 bits per heavy atom. The molecule has 18 heavy (non-hydrogen) atoms. The molecule has 0 aliphatic heterocycles. The summed E-state index contributed by atoms with van der Waals surface area (Å²) in [6.07, 6.45) is 3.35. The number of aromatic nitrogens is 4. The van der Waals surface area contributed by atoms with Crippen molar-refractivity contribution in [2.45, 2.75) is 24.8 Å². The van der Waals surface area contributed by atoms with Crippen molar-refractivity contribution in [3.8, 4) is 5.69 Å². The average Bonchev–Trinajstić information content (AvgIpc) is 2.83. The molecule has 1 fully saturated rings. The van der Waals surface area contributed by atoms with Gasteiger partial charge in [0.2, 0.25) is 5.95 Å². The summed E-state index contributed by atoms with van der Waals surface area (Å²) in [5.41, 5.74) is 6.75. The van der Waals surface area contributed by atoms with Crippen LogP contribution in [0, 0.1) is 0 Å². The highest BCUT2D eigenvalue weighted by Crippen LogP contribution is 2.33. The number of nitrogens with zero attached hydrogens (tertiary/aromatic N) is 4. The van der Waals surface area contributed by atoms with Gasteiger partial charge in [0.05, 0.1) is 11.2 Å². The fraction of sp³-hybridized carbons (Fsp3) is 0.417. The fourth-order valence-corrected chi connectivity index (χ4v) is 2.23. The molecule has 1 aromatic carbocycles. The van der Waals surface area contributed by atoms with Gasteiger partial charge in [0, 0.05) is 6.54 Å². The third kappa shape index (κ3) is 1.84. The zero-order chi connectivity index (χ0) is 12.4. The zero-order valence-corrected chi connectivity index (χ0v) is 10.1. The SMILES string of the molecule is NCC1(Nc2nnnn2-c2ccccc2)CCC1. The smallest absolute Gasteiger partial charge is 0.248 e. The molecule has 0 saturated heterocycles. The first-order valence-corrected chi connectivity index (χ1v) is 6.15. The summed E-state index contributed by atoms with van der Waals surface area (Å²) >= 11 is 0. The lowest BCUT2D eigenvalue weighted by molar-refractivity contribution is 0.285. The molecule has 2 aromatic rings. The number of tetrazole rings is 1. The van der Waals surface area contributed by atoms with Crippen LogP contribution in [-0.2, 0) is 0 Å². The average molecular weight is 244 g/mol. The molecule has 3 N–H and O–H groups in total. The Morgan fingerprint density at radius 2 is 2.06 bits per heavy atom. The van der Waals surface area contributed by atoms with E-state index >= 15 is 0 Å². The standard InChI is InChI=1S/C12H16N6/c13-9-12(7-4-8-12)14-11-15-16-17-18(11)10-5-2-1-3-6-10/h1-3,5-6H,4,7-9,13H2,(H,14,15,17). The third-order valence-electron chi connectivity index (χ3n) is 3.55. The minimum Gasteiger partial charge on any atom is -0.346 e. The molecule has 6 heteroatoms. The van der Waals surface area contributed by atoms with Crippen molar-refractivity contribution in [1.29, 1.82) is 0 Å². The van der Waals surface area contributed by atoms with Crippen molar-refractivity contribution in [3.05, 3.63) is 30.3 Å². The predicted molar refractivity (Wildman–Crippen MR) is 68.4 cm³/mol. The van der Waals surface area contributed by atoms with E-state index < -0.39 is 0 Å². The van der Waals surface area contributed by atoms with Gasteiger partial charge in [-0.15, -0.1) is 0 Å². The van der Waals surface area contributed by atoms with Crippen LogP contribution < -0.4 is 11.1 Å². The minimum absolute atomic E-state index is 0.0265. The van der Waals surface area contributed by atoms with Crippen LogP contribution >= 0.6 is 0 Å². The van der Waals surface area contributed by atoms with Gasteiger partial charge in [-0.05, 0) is 41.8 Å². The number of anilines is 1. The van der Waals surface area contributed by atoms with Gasteiger partial charge in [0.1, 0.15) is 0 Å². The molecule has 0 radical (unpaired) electrons. The van der Waals surface area contributed by atoms with E-state index in [4.69, 9.17) is 5.73 Å². The molecule has 0 amide bonds. The number of hydrogen-bond donors (Lipinski definition) is 2. The largest absolute Gasteiger partial charge is 0.346 e. The first-order valence-electron chi connectivity index (χ1n) is 6.15. The van der Waals surface area contributed by atoms with E-state index in [1.54, 1.807) is 4.68 Å². The predicted octanol–water partition coefficient (Wildman–Crippen LogP) is 0.956. The lowest BCUT2D eigenvalue weighted by Crippen LogP contribution is -2.51. The minimum atomic E-state index is -0.0265. The second kappa shape index (κ2) is 4.38. The molecular formula is C12H16N6. The lowest BCUT2D eigenvalue weighted by Gasteiger charge is -2.41. The summed E-state index contributed by atoms with van der Waals surface area (Å²) in [4.78, 5) is 0. The molecule has 6 nitrogen and oxygen atoms in total. The number of para-hydroxylation sites is 1. The van der Waals surface area contributed by atoms with Gasteiger partial charge in [-0.1, -0.05) is 23.3 Å². The molecule has 0 atom stereocenters. The zero-order valence-electron chi connectivity index (χ0n) is 10.1. The van der Waals surface area contributed by atoms with Crippen molar-refractivity contribution in [3.63, 3.8) is 0 Å². The first kappa shape index (κ1) is 11.2. The van der Waals surface area contributed by atoms with E-state index in [1.165, 1.54) is 6.42 Å². The number of nitrogens with one attached hydrogen (secondary N) is 1. The molecule has 1 heterocycles. The van der Waals surface area contributed by atoms with E-state index in [0.29, 0.717) is 12.5 Å². The molecule has 1 saturated carbocycles. The highest BCUT2D eigenvalue weighted by Gasteiger charge is 2.36. The van der Waals surface area contributed by atoms with Crippen LogP contribution in [0.25, 0.3) is 5.69 Å². The van der Waals surface area contributed by atoms with Crippen LogP contribution in [0.3, 0.4) is 0 Å². The number of nitrogens with two attached hydrogens (primary N) is 1. The van der Waals surface area contributed by atoms with E-state index in [9.17, 15) is 0 Å². The topological polar surface area (TPSA) is 81.7 Å². The molecule has 1 aliphatic rings. The quantitative estimate of drug-likeness (QED) is 0.837. The Labute approximate surface area is 105 Å². The number of hydrogen-bond acceptors (Lipinski definition) is 5. The number of benzene rings is 1. The van der Waals surface area contributed by atoms with Gasteiger partial charge >= 0.3 is 0 Å². The molecule has 1 aromatic heterocycles. The maximum atomic E-state index is 5.83. The highest BCUT2D eigenvalue weighted by atomic mass is 15.6. The molecule has 0 unspecified atom stereocenters. The van der Waals surface area contributed by atoms with Crippen LogP contribution in [0.15, 0.2) is 30.3 Å². The van der Waals surface area contributed by atoms with E-state index in [-0.39, 0.29) is 5.54 Å².